The van der Waals surface area contributed by atoms with Gasteiger partial charge in [0, 0.05) is 5.56 Å². The van der Waals surface area contributed by atoms with Gasteiger partial charge in [0.25, 0.3) is 0 Å². The van der Waals surface area contributed by atoms with Crippen molar-refractivity contribution >= 4 is 0 Å². The van der Waals surface area contributed by atoms with Crippen molar-refractivity contribution in [1.82, 2.24) is 0 Å². The van der Waals surface area contributed by atoms with Crippen LogP contribution in [0.15, 0.2) is 54.6 Å². The number of para-hydroxylation sites is 1. The van der Waals surface area contributed by atoms with Crippen LogP contribution in [0.2, 0.25) is 0 Å². The lowest BCUT2D eigenvalue weighted by atomic mass is 10.1. The highest BCUT2D eigenvalue weighted by Gasteiger charge is 2.07. The van der Waals surface area contributed by atoms with Crippen LogP contribution in [0, 0.1) is 11.3 Å². The molecule has 0 saturated heterocycles. The van der Waals surface area contributed by atoms with Gasteiger partial charge in [-0.05, 0) is 11.6 Å². The zero-order valence-electron chi connectivity index (χ0n) is 9.91. The topological polar surface area (TPSA) is 59.0 Å². The molecule has 0 aliphatic carbocycles. The third kappa shape index (κ3) is 2.88. The summed E-state index contributed by atoms with van der Waals surface area (Å²) in [7, 11) is 0. The Labute approximate surface area is 106 Å². The van der Waals surface area contributed by atoms with Gasteiger partial charge in [-0.2, -0.15) is 5.26 Å². The van der Waals surface area contributed by atoms with E-state index in [2.05, 4.69) is 0 Å². The molecule has 0 fully saturated rings. The molecule has 0 bridgehead atoms. The van der Waals surface area contributed by atoms with Crippen molar-refractivity contribution in [2.45, 2.75) is 6.04 Å². The Kier molecular flexibility index (Phi) is 3.95. The lowest BCUT2D eigenvalue weighted by molar-refractivity contribution is 0.310. The smallest absolute Gasteiger partial charge is 0.127 e. The first-order valence-electron chi connectivity index (χ1n) is 5.73. The first kappa shape index (κ1) is 12.2. The number of ether oxygens (including phenoxy) is 1. The Morgan fingerprint density at radius 3 is 2.44 bits per heavy atom. The summed E-state index contributed by atoms with van der Waals surface area (Å²) in [5.74, 6) is 0.745. The molecule has 2 aromatic rings. The fourth-order valence-electron chi connectivity index (χ4n) is 1.67. The maximum absolute atomic E-state index is 8.64. The van der Waals surface area contributed by atoms with Crippen LogP contribution in [0.4, 0.5) is 0 Å². The van der Waals surface area contributed by atoms with Gasteiger partial charge >= 0.3 is 0 Å². The van der Waals surface area contributed by atoms with Crippen LogP contribution in [0.25, 0.3) is 11.1 Å². The maximum Gasteiger partial charge on any atom is 0.127 e. The number of nitrogens with two attached hydrogens (primary N) is 1. The van der Waals surface area contributed by atoms with E-state index >= 15 is 0 Å². The number of hydrogen-bond acceptors (Lipinski definition) is 3. The predicted octanol–water partition coefficient (Wildman–Crippen LogP) is 2.58. The normalized spacial score (nSPS) is 11.6. The molecule has 2 aromatic carbocycles. The number of benzene rings is 2. The van der Waals surface area contributed by atoms with Crippen LogP contribution in [-0.4, -0.2) is 12.6 Å². The highest BCUT2D eigenvalue weighted by Crippen LogP contribution is 2.29. The van der Waals surface area contributed by atoms with E-state index in [0.717, 1.165) is 16.9 Å². The molecule has 0 aliphatic rings. The second-order valence-electron chi connectivity index (χ2n) is 3.91. The monoisotopic (exact) mass is 238 g/mol. The Hall–Kier alpha value is -2.31. The summed E-state index contributed by atoms with van der Waals surface area (Å²) in [4.78, 5) is 0. The molecule has 0 saturated carbocycles. The lowest BCUT2D eigenvalue weighted by Gasteiger charge is -2.12. The summed E-state index contributed by atoms with van der Waals surface area (Å²) in [5, 5.41) is 8.64. The van der Waals surface area contributed by atoms with Crippen molar-refractivity contribution in [2.24, 2.45) is 5.73 Å². The largest absolute Gasteiger partial charge is 0.490 e. The molecule has 0 spiro atoms. The Bertz CT molecular complexity index is 546. The molecule has 1 unspecified atom stereocenters. The summed E-state index contributed by atoms with van der Waals surface area (Å²) in [6, 6.07) is 19.0. The van der Waals surface area contributed by atoms with E-state index in [1.165, 1.54) is 0 Å². The molecule has 90 valence electrons. The molecule has 2 N–H and O–H groups in total. The maximum atomic E-state index is 8.64. The number of nitrogens with zero attached hydrogens (tertiary/aromatic N) is 1. The van der Waals surface area contributed by atoms with E-state index in [9.17, 15) is 0 Å². The predicted molar refractivity (Wildman–Crippen MR) is 71.0 cm³/mol. The Morgan fingerprint density at radius 2 is 1.72 bits per heavy atom. The molecule has 2 rings (SSSR count). The number of hydrogen-bond donors (Lipinski definition) is 1. The minimum Gasteiger partial charge on any atom is -0.490 e. The molecule has 0 aliphatic heterocycles. The Morgan fingerprint density at radius 1 is 1.06 bits per heavy atom. The van der Waals surface area contributed by atoms with Gasteiger partial charge in [-0.1, -0.05) is 48.5 Å². The van der Waals surface area contributed by atoms with Crippen molar-refractivity contribution in [3.63, 3.8) is 0 Å². The van der Waals surface area contributed by atoms with E-state index in [-0.39, 0.29) is 6.61 Å². The highest BCUT2D eigenvalue weighted by atomic mass is 16.5. The zero-order valence-corrected chi connectivity index (χ0v) is 9.91. The van der Waals surface area contributed by atoms with Crippen molar-refractivity contribution in [3.05, 3.63) is 54.6 Å². The van der Waals surface area contributed by atoms with Crippen LogP contribution in [0.3, 0.4) is 0 Å². The van der Waals surface area contributed by atoms with Gasteiger partial charge in [-0.15, -0.1) is 0 Å². The minimum atomic E-state index is -0.603. The SMILES string of the molecule is N#CC(N)COc1ccccc1-c1ccccc1. The molecule has 1 atom stereocenters. The van der Waals surface area contributed by atoms with Gasteiger partial charge in [0.15, 0.2) is 0 Å². The summed E-state index contributed by atoms with van der Waals surface area (Å²) in [6.07, 6.45) is 0. The van der Waals surface area contributed by atoms with Crippen molar-refractivity contribution in [2.75, 3.05) is 6.61 Å². The first-order chi connectivity index (χ1) is 8.81. The van der Waals surface area contributed by atoms with Gasteiger partial charge < -0.3 is 10.5 Å². The standard InChI is InChI=1S/C15H14N2O/c16-10-13(17)11-18-15-9-5-4-8-14(15)12-6-2-1-3-7-12/h1-9,13H,11,17H2. The molecule has 3 heteroatoms. The van der Waals surface area contributed by atoms with Gasteiger partial charge in [-0.3, -0.25) is 0 Å². The van der Waals surface area contributed by atoms with Crippen LogP contribution in [0.5, 0.6) is 5.75 Å². The van der Waals surface area contributed by atoms with Crippen LogP contribution >= 0.6 is 0 Å². The van der Waals surface area contributed by atoms with Gasteiger partial charge in [0.1, 0.15) is 18.4 Å². The number of rotatable bonds is 4. The van der Waals surface area contributed by atoms with E-state index in [0.29, 0.717) is 0 Å². The summed E-state index contributed by atoms with van der Waals surface area (Å²) < 4.78 is 5.60. The second kappa shape index (κ2) is 5.85. The third-order valence-electron chi connectivity index (χ3n) is 2.56. The Balaban J connectivity index is 2.24. The van der Waals surface area contributed by atoms with Crippen LogP contribution in [-0.2, 0) is 0 Å². The molecular formula is C15H14N2O. The van der Waals surface area contributed by atoms with E-state index in [1.54, 1.807) is 0 Å². The second-order valence-corrected chi connectivity index (χ2v) is 3.91. The molecule has 18 heavy (non-hydrogen) atoms. The third-order valence-corrected chi connectivity index (χ3v) is 2.56. The molecule has 0 heterocycles. The van der Waals surface area contributed by atoms with Crippen molar-refractivity contribution in [3.8, 4) is 22.9 Å². The highest BCUT2D eigenvalue weighted by molar-refractivity contribution is 5.70. The zero-order chi connectivity index (χ0) is 12.8. The van der Waals surface area contributed by atoms with Crippen molar-refractivity contribution < 1.29 is 4.74 Å². The summed E-state index contributed by atoms with van der Waals surface area (Å²) in [5.41, 5.74) is 7.61. The van der Waals surface area contributed by atoms with E-state index in [4.69, 9.17) is 15.7 Å². The molecular weight excluding hydrogens is 224 g/mol. The van der Waals surface area contributed by atoms with Crippen molar-refractivity contribution in [1.29, 1.82) is 5.26 Å². The molecule has 0 amide bonds. The van der Waals surface area contributed by atoms with Gasteiger partial charge in [0.05, 0.1) is 6.07 Å². The molecule has 0 aromatic heterocycles. The van der Waals surface area contributed by atoms with E-state index < -0.39 is 6.04 Å². The fourth-order valence-corrected chi connectivity index (χ4v) is 1.67. The summed E-state index contributed by atoms with van der Waals surface area (Å²) in [6.45, 7) is 0.195. The summed E-state index contributed by atoms with van der Waals surface area (Å²) >= 11 is 0. The average molecular weight is 238 g/mol. The van der Waals surface area contributed by atoms with Crippen LogP contribution in [0.1, 0.15) is 0 Å². The van der Waals surface area contributed by atoms with Gasteiger partial charge in [-0.25, -0.2) is 0 Å². The molecule has 0 radical (unpaired) electrons. The first-order valence-corrected chi connectivity index (χ1v) is 5.73. The molecule has 3 nitrogen and oxygen atoms in total. The van der Waals surface area contributed by atoms with E-state index in [1.807, 2.05) is 60.7 Å². The average Bonchev–Trinajstić information content (AvgIpc) is 2.46. The quantitative estimate of drug-likeness (QED) is 0.890. The lowest BCUT2D eigenvalue weighted by Crippen LogP contribution is -2.25. The fraction of sp³-hybridized carbons (Fsp3) is 0.133. The van der Waals surface area contributed by atoms with Gasteiger partial charge in [0.2, 0.25) is 0 Å². The number of nitriles is 1. The van der Waals surface area contributed by atoms with Crippen LogP contribution < -0.4 is 10.5 Å². The minimum absolute atomic E-state index is 0.195.